The van der Waals surface area contributed by atoms with Crippen molar-refractivity contribution in [3.8, 4) is 11.4 Å². The molecule has 0 saturated carbocycles. The minimum absolute atomic E-state index is 0.206. The monoisotopic (exact) mass is 315 g/mol. The van der Waals surface area contributed by atoms with Crippen LogP contribution >= 0.6 is 0 Å². The molecule has 3 rings (SSSR count). The van der Waals surface area contributed by atoms with Crippen molar-refractivity contribution in [2.24, 2.45) is 5.92 Å². The van der Waals surface area contributed by atoms with Crippen LogP contribution in [0.1, 0.15) is 32.1 Å². The fourth-order valence-corrected chi connectivity index (χ4v) is 3.20. The highest BCUT2D eigenvalue weighted by Gasteiger charge is 2.23. The van der Waals surface area contributed by atoms with Crippen molar-refractivity contribution in [1.82, 2.24) is 15.0 Å². The fraction of sp³-hybridized carbons (Fsp3) is 0.556. The summed E-state index contributed by atoms with van der Waals surface area (Å²) < 4.78 is 5.35. The lowest BCUT2D eigenvalue weighted by Crippen LogP contribution is -2.40. The molecule has 0 bridgehead atoms. The van der Waals surface area contributed by atoms with E-state index in [1.54, 1.807) is 0 Å². The number of nitrogens with zero attached hydrogens (tertiary/aromatic N) is 3. The summed E-state index contributed by atoms with van der Waals surface area (Å²) in [7, 11) is 0. The highest BCUT2D eigenvalue weighted by atomic mass is 16.5. The Morgan fingerprint density at radius 1 is 1.35 bits per heavy atom. The minimum atomic E-state index is -0.206. The second-order valence-electron chi connectivity index (χ2n) is 6.42. The van der Waals surface area contributed by atoms with E-state index in [2.05, 4.69) is 15.0 Å². The van der Waals surface area contributed by atoms with Crippen LogP contribution in [-0.2, 0) is 6.42 Å². The third-order valence-corrected chi connectivity index (χ3v) is 4.59. The van der Waals surface area contributed by atoms with Crippen molar-refractivity contribution >= 4 is 0 Å². The lowest BCUT2D eigenvalue weighted by atomic mass is 9.93. The summed E-state index contributed by atoms with van der Waals surface area (Å²) in [5.74, 6) is 1.78. The van der Waals surface area contributed by atoms with Crippen LogP contribution < -0.4 is 0 Å². The van der Waals surface area contributed by atoms with Gasteiger partial charge in [-0.05, 0) is 45.2 Å². The second-order valence-corrected chi connectivity index (χ2v) is 6.42. The van der Waals surface area contributed by atoms with E-state index in [-0.39, 0.29) is 6.10 Å². The van der Waals surface area contributed by atoms with Gasteiger partial charge in [0.1, 0.15) is 0 Å². The van der Waals surface area contributed by atoms with Gasteiger partial charge in [-0.15, -0.1) is 0 Å². The summed E-state index contributed by atoms with van der Waals surface area (Å²) in [4.78, 5) is 6.91. The number of aromatic nitrogens is 2. The molecule has 0 amide bonds. The van der Waals surface area contributed by atoms with Gasteiger partial charge in [-0.1, -0.05) is 35.5 Å². The highest BCUT2D eigenvalue weighted by Crippen LogP contribution is 2.20. The van der Waals surface area contributed by atoms with Gasteiger partial charge in [0.25, 0.3) is 0 Å². The second kappa shape index (κ2) is 7.70. The van der Waals surface area contributed by atoms with Crippen LogP contribution in [0.3, 0.4) is 0 Å². The summed E-state index contributed by atoms with van der Waals surface area (Å²) in [6.45, 7) is 5.04. The number of aryl methyl sites for hydroxylation is 1. The topological polar surface area (TPSA) is 62.4 Å². The summed E-state index contributed by atoms with van der Waals surface area (Å²) in [6.07, 6.45) is 3.91. The Kier molecular flexibility index (Phi) is 5.41. The Morgan fingerprint density at radius 2 is 2.17 bits per heavy atom. The first kappa shape index (κ1) is 16.1. The van der Waals surface area contributed by atoms with Gasteiger partial charge in [-0.3, -0.25) is 0 Å². The van der Waals surface area contributed by atoms with Gasteiger partial charge in [0, 0.05) is 18.5 Å². The first-order valence-corrected chi connectivity index (χ1v) is 8.51. The van der Waals surface area contributed by atoms with Crippen molar-refractivity contribution in [2.75, 3.05) is 19.6 Å². The smallest absolute Gasteiger partial charge is 0.227 e. The fourth-order valence-electron chi connectivity index (χ4n) is 3.20. The average Bonchev–Trinajstić information content (AvgIpc) is 3.05. The molecule has 1 fully saturated rings. The molecular formula is C18H25N3O2. The Hall–Kier alpha value is -1.72. The Labute approximate surface area is 137 Å². The molecule has 5 heteroatoms. The van der Waals surface area contributed by atoms with E-state index < -0.39 is 0 Å². The number of aliphatic hydroxyl groups is 1. The molecule has 1 aliphatic heterocycles. The zero-order valence-electron chi connectivity index (χ0n) is 13.7. The van der Waals surface area contributed by atoms with Crippen LogP contribution in [0.4, 0.5) is 0 Å². The van der Waals surface area contributed by atoms with Gasteiger partial charge in [-0.2, -0.15) is 4.98 Å². The van der Waals surface area contributed by atoms with Crippen LogP contribution in [0.5, 0.6) is 0 Å². The minimum Gasteiger partial charge on any atom is -0.393 e. The first-order chi connectivity index (χ1) is 11.2. The number of hydrogen-bond acceptors (Lipinski definition) is 5. The lowest BCUT2D eigenvalue weighted by molar-refractivity contribution is 0.0623. The third-order valence-electron chi connectivity index (χ3n) is 4.59. The van der Waals surface area contributed by atoms with Crippen LogP contribution in [0.15, 0.2) is 34.9 Å². The molecule has 1 aromatic carbocycles. The Balaban J connectivity index is 1.47. The van der Waals surface area contributed by atoms with Crippen molar-refractivity contribution in [3.63, 3.8) is 0 Å². The van der Waals surface area contributed by atoms with Crippen molar-refractivity contribution in [1.29, 1.82) is 0 Å². The molecule has 0 aliphatic carbocycles. The van der Waals surface area contributed by atoms with Gasteiger partial charge in [-0.25, -0.2) is 0 Å². The molecule has 0 spiro atoms. The quantitative estimate of drug-likeness (QED) is 0.888. The summed E-state index contributed by atoms with van der Waals surface area (Å²) >= 11 is 0. The van der Waals surface area contributed by atoms with E-state index in [9.17, 15) is 5.11 Å². The van der Waals surface area contributed by atoms with Crippen LogP contribution in [0.25, 0.3) is 11.4 Å². The maximum absolute atomic E-state index is 9.75. The molecule has 124 valence electrons. The van der Waals surface area contributed by atoms with Crippen molar-refractivity contribution in [3.05, 3.63) is 36.2 Å². The van der Waals surface area contributed by atoms with Gasteiger partial charge < -0.3 is 14.5 Å². The summed E-state index contributed by atoms with van der Waals surface area (Å²) in [6, 6.07) is 9.89. The lowest BCUT2D eigenvalue weighted by Gasteiger charge is -2.34. The predicted molar refractivity (Wildman–Crippen MR) is 88.9 cm³/mol. The van der Waals surface area contributed by atoms with Crippen LogP contribution in [0, 0.1) is 5.92 Å². The average molecular weight is 315 g/mol. The largest absolute Gasteiger partial charge is 0.393 e. The van der Waals surface area contributed by atoms with E-state index in [0.717, 1.165) is 44.5 Å². The molecule has 1 aromatic heterocycles. The van der Waals surface area contributed by atoms with Crippen LogP contribution in [-0.4, -0.2) is 45.9 Å². The molecule has 5 nitrogen and oxygen atoms in total. The first-order valence-electron chi connectivity index (χ1n) is 8.51. The highest BCUT2D eigenvalue weighted by molar-refractivity contribution is 5.53. The molecule has 0 radical (unpaired) electrons. The molecule has 2 aromatic rings. The molecule has 2 unspecified atom stereocenters. The number of hydrogen-bond donors (Lipinski definition) is 1. The molecular weight excluding hydrogens is 290 g/mol. The maximum atomic E-state index is 9.75. The van der Waals surface area contributed by atoms with Gasteiger partial charge in [0.15, 0.2) is 0 Å². The van der Waals surface area contributed by atoms with E-state index in [1.165, 1.54) is 6.42 Å². The summed E-state index contributed by atoms with van der Waals surface area (Å²) in [5.41, 5.74) is 0.985. The predicted octanol–water partition coefficient (Wildman–Crippen LogP) is 2.76. The van der Waals surface area contributed by atoms with Gasteiger partial charge in [0.2, 0.25) is 11.7 Å². The number of likely N-dealkylation sites (tertiary alicyclic amines) is 1. The van der Waals surface area contributed by atoms with Crippen molar-refractivity contribution < 1.29 is 9.63 Å². The Morgan fingerprint density at radius 3 is 2.96 bits per heavy atom. The molecule has 1 aliphatic rings. The van der Waals surface area contributed by atoms with E-state index >= 15 is 0 Å². The van der Waals surface area contributed by atoms with Crippen molar-refractivity contribution in [2.45, 2.75) is 38.7 Å². The van der Waals surface area contributed by atoms with E-state index in [1.807, 2.05) is 37.3 Å². The molecule has 1 saturated heterocycles. The SMILES string of the molecule is CC(O)C1CCCN(CCCc2nc(-c3ccccc3)no2)C1. The maximum Gasteiger partial charge on any atom is 0.227 e. The van der Waals surface area contributed by atoms with Gasteiger partial charge >= 0.3 is 0 Å². The number of piperidine rings is 1. The van der Waals surface area contributed by atoms with E-state index in [0.29, 0.717) is 17.6 Å². The molecule has 2 atom stereocenters. The standard InChI is InChI=1S/C18H25N3O2/c1-14(22)16-9-5-11-21(13-16)12-6-10-17-19-18(20-23-17)15-7-3-2-4-8-15/h2-4,7-8,14,16,22H,5-6,9-13H2,1H3. The third kappa shape index (κ3) is 4.39. The Bertz CT molecular complexity index is 597. The zero-order chi connectivity index (χ0) is 16.1. The molecule has 1 N–H and O–H groups in total. The molecule has 2 heterocycles. The number of rotatable bonds is 6. The number of benzene rings is 1. The molecule has 23 heavy (non-hydrogen) atoms. The summed E-state index contributed by atoms with van der Waals surface area (Å²) in [5, 5.41) is 13.8. The van der Waals surface area contributed by atoms with E-state index in [4.69, 9.17) is 4.52 Å². The zero-order valence-corrected chi connectivity index (χ0v) is 13.7. The number of aliphatic hydroxyl groups excluding tert-OH is 1. The van der Waals surface area contributed by atoms with Crippen LogP contribution in [0.2, 0.25) is 0 Å². The van der Waals surface area contributed by atoms with Gasteiger partial charge in [0.05, 0.1) is 6.10 Å². The normalized spacial score (nSPS) is 20.5.